The van der Waals surface area contributed by atoms with E-state index in [2.05, 4.69) is 14.8 Å². The fraction of sp³-hybridized carbons (Fsp3) is 0.107. The second-order valence-corrected chi connectivity index (χ2v) is 12.2. The Bertz CT molecular complexity index is 1700. The van der Waals surface area contributed by atoms with E-state index < -0.39 is 26.0 Å². The molecule has 0 aliphatic rings. The van der Waals surface area contributed by atoms with Crippen LogP contribution in [0.4, 0.5) is 17.1 Å². The van der Waals surface area contributed by atoms with Gasteiger partial charge in [-0.15, -0.1) is 0 Å². The summed E-state index contributed by atoms with van der Waals surface area (Å²) in [7, 11) is -7.77. The van der Waals surface area contributed by atoms with Crippen molar-refractivity contribution in [1.29, 1.82) is 0 Å². The zero-order valence-electron chi connectivity index (χ0n) is 21.0. The number of carbonyl (C=O) groups excluding carboxylic acids is 1. The van der Waals surface area contributed by atoms with Crippen LogP contribution in [0, 0.1) is 20.8 Å². The van der Waals surface area contributed by atoms with E-state index in [1.807, 2.05) is 26.0 Å². The number of nitrogens with one attached hydrogen (secondary N) is 3. The van der Waals surface area contributed by atoms with Gasteiger partial charge in [0, 0.05) is 16.9 Å². The van der Waals surface area contributed by atoms with Crippen molar-refractivity contribution >= 4 is 43.0 Å². The maximum atomic E-state index is 13.2. The van der Waals surface area contributed by atoms with E-state index in [-0.39, 0.29) is 15.4 Å². The van der Waals surface area contributed by atoms with Crippen LogP contribution in [0.3, 0.4) is 0 Å². The number of para-hydroxylation sites is 1. The molecule has 0 saturated heterocycles. The Labute approximate surface area is 222 Å². The van der Waals surface area contributed by atoms with Gasteiger partial charge in [0.25, 0.3) is 26.0 Å². The lowest BCUT2D eigenvalue weighted by molar-refractivity contribution is 0.102. The molecule has 0 aromatic heterocycles. The van der Waals surface area contributed by atoms with Crippen molar-refractivity contribution in [2.24, 2.45) is 0 Å². The highest BCUT2D eigenvalue weighted by molar-refractivity contribution is 7.93. The van der Waals surface area contributed by atoms with Gasteiger partial charge in [-0.3, -0.25) is 14.2 Å². The van der Waals surface area contributed by atoms with Crippen LogP contribution >= 0.6 is 0 Å². The first-order valence-corrected chi connectivity index (χ1v) is 14.6. The van der Waals surface area contributed by atoms with E-state index in [0.29, 0.717) is 22.6 Å². The molecule has 0 atom stereocenters. The van der Waals surface area contributed by atoms with Crippen LogP contribution in [0.2, 0.25) is 0 Å². The van der Waals surface area contributed by atoms with Gasteiger partial charge in [-0.05, 0) is 92.1 Å². The lowest BCUT2D eigenvalue weighted by Gasteiger charge is -2.14. The molecule has 0 spiro atoms. The average Bonchev–Trinajstić information content (AvgIpc) is 2.87. The summed E-state index contributed by atoms with van der Waals surface area (Å²) in [6.45, 7) is 5.33. The monoisotopic (exact) mass is 549 g/mol. The highest BCUT2D eigenvalue weighted by atomic mass is 32.2. The Morgan fingerprint density at radius 3 is 1.97 bits per heavy atom. The van der Waals surface area contributed by atoms with Crippen LogP contribution in [-0.2, 0) is 20.0 Å². The zero-order chi connectivity index (χ0) is 27.5. The van der Waals surface area contributed by atoms with E-state index in [4.69, 9.17) is 0 Å². The van der Waals surface area contributed by atoms with Crippen molar-refractivity contribution < 1.29 is 21.6 Å². The van der Waals surface area contributed by atoms with Crippen molar-refractivity contribution in [3.05, 3.63) is 113 Å². The summed E-state index contributed by atoms with van der Waals surface area (Å²) in [5.41, 5.74) is 3.56. The van der Waals surface area contributed by atoms with Crippen LogP contribution in [0.5, 0.6) is 0 Å². The van der Waals surface area contributed by atoms with E-state index >= 15 is 0 Å². The van der Waals surface area contributed by atoms with Gasteiger partial charge in [0.05, 0.1) is 15.5 Å². The maximum Gasteiger partial charge on any atom is 0.262 e. The Morgan fingerprint density at radius 1 is 0.632 bits per heavy atom. The standard InChI is InChI=1S/C28H27N3O5S2/c1-19-9-10-20(2)26(17-19)31-38(35,36)27-18-22(12-11-21(27)3)28(32)29-23-13-15-25(16-14-23)37(33,34)30-24-7-5-4-6-8-24/h4-18,30-31H,1-3H3,(H,29,32). The fourth-order valence-corrected chi connectivity index (χ4v) is 6.17. The minimum Gasteiger partial charge on any atom is -0.322 e. The molecule has 0 bridgehead atoms. The summed E-state index contributed by atoms with van der Waals surface area (Å²) in [5, 5.41) is 2.68. The number of benzene rings is 4. The van der Waals surface area contributed by atoms with Gasteiger partial charge in [0.15, 0.2) is 0 Å². The molecule has 0 aliphatic carbocycles. The zero-order valence-corrected chi connectivity index (χ0v) is 22.7. The van der Waals surface area contributed by atoms with Crippen LogP contribution in [-0.4, -0.2) is 22.7 Å². The van der Waals surface area contributed by atoms with Crippen molar-refractivity contribution in [2.75, 3.05) is 14.8 Å². The molecular formula is C28H27N3O5S2. The van der Waals surface area contributed by atoms with E-state index in [0.717, 1.165) is 11.1 Å². The predicted molar refractivity (Wildman–Crippen MR) is 150 cm³/mol. The molecule has 8 nitrogen and oxygen atoms in total. The molecule has 0 aliphatic heterocycles. The van der Waals surface area contributed by atoms with E-state index in [9.17, 15) is 21.6 Å². The highest BCUT2D eigenvalue weighted by Gasteiger charge is 2.21. The van der Waals surface area contributed by atoms with E-state index in [1.54, 1.807) is 49.4 Å². The van der Waals surface area contributed by atoms with Gasteiger partial charge in [-0.25, -0.2) is 16.8 Å². The molecule has 0 saturated carbocycles. The fourth-order valence-electron chi connectivity index (χ4n) is 3.72. The third kappa shape index (κ3) is 6.21. The summed E-state index contributed by atoms with van der Waals surface area (Å²) < 4.78 is 56.7. The molecule has 4 aromatic carbocycles. The number of hydrogen-bond donors (Lipinski definition) is 3. The Morgan fingerprint density at radius 2 is 1.29 bits per heavy atom. The van der Waals surface area contributed by atoms with E-state index in [1.165, 1.54) is 36.4 Å². The molecule has 4 aromatic rings. The summed E-state index contributed by atoms with van der Waals surface area (Å²) in [5.74, 6) is -0.536. The van der Waals surface area contributed by atoms with Crippen LogP contribution in [0.15, 0.2) is 101 Å². The van der Waals surface area contributed by atoms with Crippen molar-refractivity contribution in [3.8, 4) is 0 Å². The summed E-state index contributed by atoms with van der Waals surface area (Å²) >= 11 is 0. The van der Waals surface area contributed by atoms with Gasteiger partial charge in [0.1, 0.15) is 0 Å². The predicted octanol–water partition coefficient (Wildman–Crippen LogP) is 5.47. The number of amides is 1. The van der Waals surface area contributed by atoms with Gasteiger partial charge < -0.3 is 5.32 Å². The topological polar surface area (TPSA) is 121 Å². The van der Waals surface area contributed by atoms with Crippen molar-refractivity contribution in [2.45, 2.75) is 30.6 Å². The minimum atomic E-state index is -3.96. The summed E-state index contributed by atoms with van der Waals surface area (Å²) in [4.78, 5) is 12.9. The smallest absolute Gasteiger partial charge is 0.262 e. The molecule has 1 amide bonds. The van der Waals surface area contributed by atoms with Crippen molar-refractivity contribution in [1.82, 2.24) is 0 Å². The number of hydrogen-bond acceptors (Lipinski definition) is 5. The molecule has 0 radical (unpaired) electrons. The molecule has 0 fully saturated rings. The molecule has 10 heteroatoms. The molecule has 4 rings (SSSR count). The molecule has 196 valence electrons. The lowest BCUT2D eigenvalue weighted by atomic mass is 10.1. The number of carbonyl (C=O) groups is 1. The largest absolute Gasteiger partial charge is 0.322 e. The first-order chi connectivity index (χ1) is 17.9. The molecular weight excluding hydrogens is 522 g/mol. The average molecular weight is 550 g/mol. The van der Waals surface area contributed by atoms with Gasteiger partial charge >= 0.3 is 0 Å². The highest BCUT2D eigenvalue weighted by Crippen LogP contribution is 2.25. The third-order valence-electron chi connectivity index (χ3n) is 5.83. The molecule has 38 heavy (non-hydrogen) atoms. The number of rotatable bonds is 8. The number of sulfonamides is 2. The Balaban J connectivity index is 1.51. The quantitative estimate of drug-likeness (QED) is 0.269. The van der Waals surface area contributed by atoms with Crippen LogP contribution in [0.25, 0.3) is 0 Å². The first kappa shape index (κ1) is 26.9. The summed E-state index contributed by atoms with van der Waals surface area (Å²) in [6, 6.07) is 24.1. The first-order valence-electron chi connectivity index (χ1n) is 11.6. The number of aryl methyl sites for hydroxylation is 3. The second-order valence-electron chi connectivity index (χ2n) is 8.85. The maximum absolute atomic E-state index is 13.2. The Hall–Kier alpha value is -4.15. The van der Waals surface area contributed by atoms with Crippen LogP contribution < -0.4 is 14.8 Å². The van der Waals surface area contributed by atoms with Gasteiger partial charge in [-0.2, -0.15) is 0 Å². The lowest BCUT2D eigenvalue weighted by Crippen LogP contribution is -2.18. The summed E-state index contributed by atoms with van der Waals surface area (Å²) in [6.07, 6.45) is 0. The molecule has 0 unspecified atom stereocenters. The second kappa shape index (κ2) is 10.7. The normalized spacial score (nSPS) is 11.6. The number of anilines is 3. The van der Waals surface area contributed by atoms with Crippen LogP contribution in [0.1, 0.15) is 27.0 Å². The van der Waals surface area contributed by atoms with Gasteiger partial charge in [-0.1, -0.05) is 36.4 Å². The van der Waals surface area contributed by atoms with Crippen molar-refractivity contribution in [3.63, 3.8) is 0 Å². The minimum absolute atomic E-state index is 0.0144. The SMILES string of the molecule is Cc1ccc(C)c(NS(=O)(=O)c2cc(C(=O)Nc3ccc(S(=O)(=O)Nc4ccccc4)cc3)ccc2C)c1. The molecule has 3 N–H and O–H groups in total. The Kier molecular flexibility index (Phi) is 7.56. The van der Waals surface area contributed by atoms with Gasteiger partial charge in [0.2, 0.25) is 0 Å². The third-order valence-corrected chi connectivity index (χ3v) is 8.73. The molecule has 0 heterocycles.